The molecule has 0 unspecified atom stereocenters. The number of esters is 1. The normalized spacial score (nSPS) is 14.7. The lowest BCUT2D eigenvalue weighted by Gasteiger charge is -2.25. The van der Waals surface area contributed by atoms with Gasteiger partial charge >= 0.3 is 12.1 Å². The highest BCUT2D eigenvalue weighted by molar-refractivity contribution is 5.89. The predicted octanol–water partition coefficient (Wildman–Crippen LogP) is 0.841. The lowest BCUT2D eigenvalue weighted by atomic mass is 9.97. The number of benzene rings is 1. The van der Waals surface area contributed by atoms with Crippen molar-refractivity contribution >= 4 is 23.9 Å². The third-order valence-electron chi connectivity index (χ3n) is 3.97. The molecule has 2 amide bonds. The number of guanidine groups is 1. The molecule has 11 heteroatoms. The number of phenols is 1. The van der Waals surface area contributed by atoms with Crippen molar-refractivity contribution in [3.8, 4) is 11.5 Å². The van der Waals surface area contributed by atoms with Crippen LogP contribution in [0.15, 0.2) is 17.1 Å². The summed E-state index contributed by atoms with van der Waals surface area (Å²) in [6.45, 7) is 9.35. The Labute approximate surface area is 187 Å². The minimum Gasteiger partial charge on any atom is -0.508 e. The number of alkyl carbamates (subject to hydrolysis) is 1. The average molecular weight is 452 g/mol. The minimum atomic E-state index is -0.858. The van der Waals surface area contributed by atoms with Gasteiger partial charge < -0.3 is 36.7 Å². The van der Waals surface area contributed by atoms with E-state index in [-0.39, 0.29) is 24.7 Å². The summed E-state index contributed by atoms with van der Waals surface area (Å²) < 4.78 is 10.2. The highest BCUT2D eigenvalue weighted by Gasteiger charge is 2.31. The van der Waals surface area contributed by atoms with E-state index in [0.29, 0.717) is 5.75 Å². The van der Waals surface area contributed by atoms with E-state index >= 15 is 0 Å². The number of nitrogens with two attached hydrogens (primary N) is 2. The number of aliphatic imine (C=N–C) groups is 1. The summed E-state index contributed by atoms with van der Waals surface area (Å²) in [4.78, 5) is 39.2. The molecule has 1 heterocycles. The van der Waals surface area contributed by atoms with Gasteiger partial charge in [-0.3, -0.25) is 9.79 Å². The smallest absolute Gasteiger partial charge is 0.408 e. The first-order chi connectivity index (χ1) is 14.8. The number of aromatic hydroxyl groups is 1. The fraction of sp³-hybridized carbons (Fsp3) is 0.524. The third-order valence-corrected chi connectivity index (χ3v) is 3.97. The van der Waals surface area contributed by atoms with Crippen LogP contribution in [0.3, 0.4) is 0 Å². The molecule has 32 heavy (non-hydrogen) atoms. The monoisotopic (exact) mass is 451 g/mol. The van der Waals surface area contributed by atoms with Crippen LogP contribution in [-0.4, -0.2) is 53.8 Å². The van der Waals surface area contributed by atoms with Gasteiger partial charge in [0.15, 0.2) is 5.96 Å². The largest absolute Gasteiger partial charge is 0.508 e. The van der Waals surface area contributed by atoms with Crippen LogP contribution in [0.25, 0.3) is 0 Å². The molecule has 7 N–H and O–H groups in total. The van der Waals surface area contributed by atoms with Gasteiger partial charge in [0, 0.05) is 24.6 Å². The molecule has 0 aliphatic carbocycles. The second kappa shape index (κ2) is 11.8. The van der Waals surface area contributed by atoms with Crippen LogP contribution in [0.4, 0.5) is 4.79 Å². The van der Waals surface area contributed by atoms with E-state index in [1.807, 2.05) is 6.92 Å². The predicted molar refractivity (Wildman–Crippen MR) is 119 cm³/mol. The number of nitrogens with zero attached hydrogens (tertiary/aromatic N) is 1. The fourth-order valence-corrected chi connectivity index (χ4v) is 2.65. The Balaban J connectivity index is 0.000000633. The van der Waals surface area contributed by atoms with E-state index in [9.17, 15) is 19.5 Å². The van der Waals surface area contributed by atoms with Crippen molar-refractivity contribution in [3.63, 3.8) is 0 Å². The molecule has 0 aromatic heterocycles. The number of nitrogens with one attached hydrogen (secondary N) is 2. The zero-order valence-corrected chi connectivity index (χ0v) is 19.2. The molecule has 0 spiro atoms. The zero-order chi connectivity index (χ0) is 24.5. The number of hydrogen-bond donors (Lipinski definition) is 5. The summed E-state index contributed by atoms with van der Waals surface area (Å²) in [7, 11) is 0. The number of amides is 2. The van der Waals surface area contributed by atoms with Gasteiger partial charge in [-0.15, -0.1) is 0 Å². The van der Waals surface area contributed by atoms with E-state index in [0.717, 1.165) is 24.1 Å². The van der Waals surface area contributed by atoms with Crippen molar-refractivity contribution < 1.29 is 29.0 Å². The number of ether oxygens (including phenoxy) is 2. The van der Waals surface area contributed by atoms with Crippen LogP contribution in [0.2, 0.25) is 0 Å². The summed E-state index contributed by atoms with van der Waals surface area (Å²) in [5.41, 5.74) is 10.8. The molecule has 1 aliphatic rings. The Morgan fingerprint density at radius 1 is 1.31 bits per heavy atom. The number of carbonyl (C=O) groups excluding carboxylic acids is 3. The first-order valence-electron chi connectivity index (χ1n) is 10.2. The second-order valence-electron chi connectivity index (χ2n) is 8.15. The Morgan fingerprint density at radius 2 is 1.97 bits per heavy atom. The van der Waals surface area contributed by atoms with Crippen molar-refractivity contribution in [1.29, 1.82) is 0 Å². The van der Waals surface area contributed by atoms with Gasteiger partial charge in [-0.2, -0.15) is 0 Å². The second-order valence-corrected chi connectivity index (χ2v) is 8.15. The highest BCUT2D eigenvalue weighted by Crippen LogP contribution is 2.32. The zero-order valence-electron chi connectivity index (χ0n) is 19.2. The highest BCUT2D eigenvalue weighted by atomic mass is 16.6. The summed E-state index contributed by atoms with van der Waals surface area (Å²) in [5, 5.41) is 14.4. The molecule has 0 fully saturated rings. The SMILES string of the molecule is CCCN=C(N)N.Cc1cc(O)cc2c1C[C@H](NC(=O)CNC(=O)OC(C)(C)C)C(=O)O2. The van der Waals surface area contributed by atoms with Gasteiger partial charge in [0.1, 0.15) is 29.7 Å². The van der Waals surface area contributed by atoms with Gasteiger partial charge in [0.25, 0.3) is 0 Å². The lowest BCUT2D eigenvalue weighted by Crippen LogP contribution is -2.50. The molecule has 178 valence electrons. The molecule has 1 aromatic rings. The number of carbonyl (C=O) groups is 3. The van der Waals surface area contributed by atoms with Crippen LogP contribution in [-0.2, 0) is 20.7 Å². The van der Waals surface area contributed by atoms with Crippen molar-refractivity contribution in [2.24, 2.45) is 16.5 Å². The van der Waals surface area contributed by atoms with Crippen LogP contribution >= 0.6 is 0 Å². The molecule has 1 atom stereocenters. The first-order valence-corrected chi connectivity index (χ1v) is 10.2. The molecule has 0 radical (unpaired) electrons. The molecular weight excluding hydrogens is 418 g/mol. The molecule has 11 nitrogen and oxygen atoms in total. The molecule has 1 aromatic carbocycles. The maximum Gasteiger partial charge on any atom is 0.408 e. The van der Waals surface area contributed by atoms with Crippen LogP contribution in [0.1, 0.15) is 45.2 Å². The van der Waals surface area contributed by atoms with Gasteiger partial charge in [-0.05, 0) is 45.7 Å². The van der Waals surface area contributed by atoms with Crippen LogP contribution < -0.4 is 26.8 Å². The number of hydrogen-bond acceptors (Lipinski definition) is 7. The summed E-state index contributed by atoms with van der Waals surface area (Å²) in [5.74, 6) is -0.675. The molecular formula is C21H33N5O6. The standard InChI is InChI=1S/C17H22N2O6.C4H11N3/c1-9-5-10(20)6-13-11(9)7-12(15(22)24-13)19-14(21)8-18-16(23)25-17(2,3)4;1-2-3-7-4(5)6/h5-6,12,20H,7-8H2,1-4H3,(H,18,23)(H,19,21);2-3H2,1H3,(H4,5,6,7)/t12-;/m0./s1. The van der Waals surface area contributed by atoms with Crippen molar-refractivity contribution in [1.82, 2.24) is 10.6 Å². The van der Waals surface area contributed by atoms with E-state index in [1.165, 1.54) is 6.07 Å². The van der Waals surface area contributed by atoms with Gasteiger partial charge in [-0.1, -0.05) is 6.92 Å². The summed E-state index contributed by atoms with van der Waals surface area (Å²) in [6, 6.07) is 2.06. The van der Waals surface area contributed by atoms with Crippen molar-refractivity contribution in [3.05, 3.63) is 23.3 Å². The van der Waals surface area contributed by atoms with Crippen LogP contribution in [0.5, 0.6) is 11.5 Å². The van der Waals surface area contributed by atoms with E-state index in [1.54, 1.807) is 33.8 Å². The maximum absolute atomic E-state index is 12.0. The Hall–Kier alpha value is -3.50. The quantitative estimate of drug-likeness (QED) is 0.189. The van der Waals surface area contributed by atoms with Gasteiger partial charge in [-0.25, -0.2) is 9.59 Å². The van der Waals surface area contributed by atoms with E-state index in [2.05, 4.69) is 15.6 Å². The van der Waals surface area contributed by atoms with Crippen LogP contribution in [0, 0.1) is 6.92 Å². The van der Waals surface area contributed by atoms with E-state index in [4.69, 9.17) is 20.9 Å². The Bertz CT molecular complexity index is 859. The molecule has 0 bridgehead atoms. The van der Waals surface area contributed by atoms with Crippen molar-refractivity contribution in [2.75, 3.05) is 13.1 Å². The fourth-order valence-electron chi connectivity index (χ4n) is 2.65. The lowest BCUT2D eigenvalue weighted by molar-refractivity contribution is -0.140. The number of rotatable bonds is 5. The minimum absolute atomic E-state index is 0.00750. The third kappa shape index (κ3) is 9.54. The van der Waals surface area contributed by atoms with Crippen molar-refractivity contribution in [2.45, 2.75) is 59.1 Å². The molecule has 1 aliphatic heterocycles. The molecule has 0 saturated heterocycles. The Kier molecular flexibility index (Phi) is 9.76. The van der Waals surface area contributed by atoms with E-state index < -0.39 is 29.6 Å². The summed E-state index contributed by atoms with van der Waals surface area (Å²) in [6.07, 6.45) is 0.529. The Morgan fingerprint density at radius 3 is 2.50 bits per heavy atom. The number of fused-ring (bicyclic) bond motifs is 1. The molecule has 0 saturated carbocycles. The van der Waals surface area contributed by atoms with Gasteiger partial charge in [0.2, 0.25) is 5.91 Å². The molecule has 2 rings (SSSR count). The average Bonchev–Trinajstić information content (AvgIpc) is 2.65. The number of aryl methyl sites for hydroxylation is 1. The number of phenolic OH excluding ortho intramolecular Hbond substituents is 1. The topological polar surface area (TPSA) is 178 Å². The first kappa shape index (κ1) is 26.5. The summed E-state index contributed by atoms with van der Waals surface area (Å²) >= 11 is 0. The maximum atomic E-state index is 12.0. The van der Waals surface area contributed by atoms with Gasteiger partial charge in [0.05, 0.1) is 0 Å².